The maximum Gasteiger partial charge on any atom is 0.167 e. The predicted molar refractivity (Wildman–Crippen MR) is 97.8 cm³/mol. The van der Waals surface area contributed by atoms with Gasteiger partial charge in [-0.15, -0.1) is 0 Å². The Morgan fingerprint density at radius 3 is 1.64 bits per heavy atom. The number of ether oxygens (including phenoxy) is 1. The summed E-state index contributed by atoms with van der Waals surface area (Å²) in [6.45, 7) is 2.11. The van der Waals surface area contributed by atoms with Gasteiger partial charge in [-0.2, -0.15) is 0 Å². The summed E-state index contributed by atoms with van der Waals surface area (Å²) in [5, 5.41) is 0. The molecule has 0 unspecified atom stereocenters. The van der Waals surface area contributed by atoms with Crippen LogP contribution in [0, 0.1) is 11.6 Å². The van der Waals surface area contributed by atoms with Gasteiger partial charge in [0.25, 0.3) is 0 Å². The van der Waals surface area contributed by atoms with Crippen LogP contribution in [0.1, 0.15) is 18.9 Å². The van der Waals surface area contributed by atoms with Crippen LogP contribution in [0.2, 0.25) is 0 Å². The molecule has 0 N–H and O–H groups in total. The number of methoxy groups -OCH3 is 1. The van der Waals surface area contributed by atoms with E-state index >= 15 is 0 Å². The van der Waals surface area contributed by atoms with Gasteiger partial charge in [-0.25, -0.2) is 8.78 Å². The van der Waals surface area contributed by atoms with E-state index in [1.165, 1.54) is 5.56 Å². The lowest BCUT2D eigenvalue weighted by Crippen LogP contribution is -1.94. The summed E-state index contributed by atoms with van der Waals surface area (Å²) in [4.78, 5) is 0. The maximum absolute atomic E-state index is 14.6. The molecule has 0 aliphatic heterocycles. The Bertz CT molecular complexity index is 852. The van der Waals surface area contributed by atoms with Crippen LogP contribution in [-0.4, -0.2) is 7.11 Å². The number of aryl methyl sites for hydroxylation is 1. The predicted octanol–water partition coefficient (Wildman–Crippen LogP) is 6.26. The van der Waals surface area contributed by atoms with Crippen molar-refractivity contribution in [3.8, 4) is 28.0 Å². The highest BCUT2D eigenvalue weighted by molar-refractivity contribution is 5.72. The number of benzene rings is 3. The molecule has 3 heteroatoms. The Kier molecular flexibility index (Phi) is 5.13. The van der Waals surface area contributed by atoms with Gasteiger partial charge in [0.2, 0.25) is 0 Å². The normalized spacial score (nSPS) is 10.7. The van der Waals surface area contributed by atoms with Crippen LogP contribution < -0.4 is 4.74 Å². The average Bonchev–Trinajstić information content (AvgIpc) is 2.65. The molecule has 0 saturated heterocycles. The van der Waals surface area contributed by atoms with E-state index < -0.39 is 11.6 Å². The highest BCUT2D eigenvalue weighted by Gasteiger charge is 2.16. The minimum Gasteiger partial charge on any atom is -0.497 e. The van der Waals surface area contributed by atoms with Crippen molar-refractivity contribution in [2.24, 2.45) is 0 Å². The Morgan fingerprint density at radius 2 is 1.20 bits per heavy atom. The number of hydrogen-bond acceptors (Lipinski definition) is 1. The molecule has 128 valence electrons. The molecule has 0 saturated carbocycles. The lowest BCUT2D eigenvalue weighted by Gasteiger charge is -2.10. The zero-order chi connectivity index (χ0) is 17.8. The van der Waals surface area contributed by atoms with Crippen LogP contribution >= 0.6 is 0 Å². The first kappa shape index (κ1) is 17.2. The maximum atomic E-state index is 14.6. The first-order valence-electron chi connectivity index (χ1n) is 8.35. The van der Waals surface area contributed by atoms with Gasteiger partial charge in [0.05, 0.1) is 7.11 Å². The molecule has 3 aromatic rings. The molecule has 0 heterocycles. The van der Waals surface area contributed by atoms with E-state index in [1.807, 2.05) is 24.3 Å². The molecule has 1 nitrogen and oxygen atoms in total. The summed E-state index contributed by atoms with van der Waals surface area (Å²) in [6, 6.07) is 17.8. The topological polar surface area (TPSA) is 9.23 Å². The second-order valence-electron chi connectivity index (χ2n) is 5.96. The van der Waals surface area contributed by atoms with Gasteiger partial charge in [0.15, 0.2) is 11.6 Å². The van der Waals surface area contributed by atoms with Crippen molar-refractivity contribution >= 4 is 0 Å². The third kappa shape index (κ3) is 3.55. The SMILES string of the molecule is CCCc1ccc(-c2ccc(-c3ccc(OC)cc3)c(F)c2F)cc1. The third-order valence-corrected chi connectivity index (χ3v) is 4.29. The molecule has 0 amide bonds. The average molecular weight is 338 g/mol. The molecule has 25 heavy (non-hydrogen) atoms. The van der Waals surface area contributed by atoms with Crippen LogP contribution in [0.25, 0.3) is 22.3 Å². The lowest BCUT2D eigenvalue weighted by molar-refractivity contribution is 0.415. The summed E-state index contributed by atoms with van der Waals surface area (Å²) in [7, 11) is 1.57. The summed E-state index contributed by atoms with van der Waals surface area (Å²) in [5.74, 6) is -0.981. The molecule has 0 aliphatic rings. The molecule has 0 bridgehead atoms. The highest BCUT2D eigenvalue weighted by atomic mass is 19.2. The van der Waals surface area contributed by atoms with Crippen LogP contribution in [0.4, 0.5) is 8.78 Å². The van der Waals surface area contributed by atoms with Crippen molar-refractivity contribution in [2.45, 2.75) is 19.8 Å². The van der Waals surface area contributed by atoms with Crippen molar-refractivity contribution < 1.29 is 13.5 Å². The first-order valence-corrected chi connectivity index (χ1v) is 8.35. The summed E-state index contributed by atoms with van der Waals surface area (Å²) in [5.41, 5.74) is 3.01. The van der Waals surface area contributed by atoms with Crippen molar-refractivity contribution in [2.75, 3.05) is 7.11 Å². The van der Waals surface area contributed by atoms with Gasteiger partial charge >= 0.3 is 0 Å². The summed E-state index contributed by atoms with van der Waals surface area (Å²) < 4.78 is 34.3. The molecular weight excluding hydrogens is 318 g/mol. The zero-order valence-corrected chi connectivity index (χ0v) is 14.4. The largest absolute Gasteiger partial charge is 0.497 e. The van der Waals surface area contributed by atoms with Gasteiger partial charge in [-0.05, 0) is 35.2 Å². The molecule has 0 aromatic heterocycles. The molecule has 0 fully saturated rings. The standard InChI is InChI=1S/C22H20F2O/c1-3-4-15-5-7-16(8-6-15)19-13-14-20(22(24)21(19)23)17-9-11-18(25-2)12-10-17/h5-14H,3-4H2,1-2H3. The van der Waals surface area contributed by atoms with Gasteiger partial charge in [0.1, 0.15) is 5.75 Å². The van der Waals surface area contributed by atoms with Crippen molar-refractivity contribution in [1.29, 1.82) is 0 Å². The quantitative estimate of drug-likeness (QED) is 0.533. The van der Waals surface area contributed by atoms with Gasteiger partial charge in [-0.3, -0.25) is 0 Å². The van der Waals surface area contributed by atoms with E-state index in [9.17, 15) is 8.78 Å². The van der Waals surface area contributed by atoms with Crippen molar-refractivity contribution in [3.63, 3.8) is 0 Å². The molecule has 0 spiro atoms. The molecule has 0 radical (unpaired) electrons. The van der Waals surface area contributed by atoms with Gasteiger partial charge in [0, 0.05) is 11.1 Å². The van der Waals surface area contributed by atoms with E-state index in [2.05, 4.69) is 6.92 Å². The molecule has 3 aromatic carbocycles. The Hall–Kier alpha value is -2.68. The van der Waals surface area contributed by atoms with E-state index in [0.717, 1.165) is 12.8 Å². The second-order valence-corrected chi connectivity index (χ2v) is 5.96. The first-order chi connectivity index (χ1) is 12.1. The number of halogens is 2. The third-order valence-electron chi connectivity index (χ3n) is 4.29. The summed E-state index contributed by atoms with van der Waals surface area (Å²) in [6.07, 6.45) is 2.03. The van der Waals surface area contributed by atoms with Gasteiger partial charge < -0.3 is 4.74 Å². The fourth-order valence-electron chi connectivity index (χ4n) is 2.91. The number of rotatable bonds is 5. The lowest BCUT2D eigenvalue weighted by atomic mass is 9.97. The Morgan fingerprint density at radius 1 is 0.720 bits per heavy atom. The zero-order valence-electron chi connectivity index (χ0n) is 14.4. The van der Waals surface area contributed by atoms with Crippen molar-refractivity contribution in [1.82, 2.24) is 0 Å². The molecule has 3 rings (SSSR count). The number of hydrogen-bond donors (Lipinski definition) is 0. The van der Waals surface area contributed by atoms with Crippen LogP contribution in [-0.2, 0) is 6.42 Å². The van der Waals surface area contributed by atoms with E-state index in [-0.39, 0.29) is 11.1 Å². The monoisotopic (exact) mass is 338 g/mol. The van der Waals surface area contributed by atoms with Crippen molar-refractivity contribution in [3.05, 3.63) is 77.9 Å². The molecule has 0 atom stereocenters. The Balaban J connectivity index is 1.96. The second kappa shape index (κ2) is 7.47. The van der Waals surface area contributed by atoms with Crippen LogP contribution in [0.15, 0.2) is 60.7 Å². The smallest absolute Gasteiger partial charge is 0.167 e. The fourth-order valence-corrected chi connectivity index (χ4v) is 2.91. The summed E-state index contributed by atoms with van der Waals surface area (Å²) >= 11 is 0. The minimum atomic E-state index is -0.833. The van der Waals surface area contributed by atoms with Crippen LogP contribution in [0.5, 0.6) is 5.75 Å². The molecular formula is C22H20F2O. The highest BCUT2D eigenvalue weighted by Crippen LogP contribution is 2.32. The van der Waals surface area contributed by atoms with E-state index in [1.54, 1.807) is 43.5 Å². The fraction of sp³-hybridized carbons (Fsp3) is 0.182. The Labute approximate surface area is 146 Å². The van der Waals surface area contributed by atoms with Crippen LogP contribution in [0.3, 0.4) is 0 Å². The molecule has 0 aliphatic carbocycles. The minimum absolute atomic E-state index is 0.242. The van der Waals surface area contributed by atoms with E-state index in [0.29, 0.717) is 16.9 Å². The van der Waals surface area contributed by atoms with E-state index in [4.69, 9.17) is 4.74 Å². The van der Waals surface area contributed by atoms with Gasteiger partial charge in [-0.1, -0.05) is 61.9 Å².